The Morgan fingerprint density at radius 3 is 2.71 bits per heavy atom. The molecule has 0 bridgehead atoms. The zero-order valence-corrected chi connectivity index (χ0v) is 11.4. The molecule has 0 unspecified atom stereocenters. The van der Waals surface area contributed by atoms with Crippen LogP contribution >= 0.6 is 0 Å². The molecular formula is C15H16FN3O2. The van der Waals surface area contributed by atoms with Gasteiger partial charge < -0.3 is 15.4 Å². The van der Waals surface area contributed by atoms with E-state index in [-0.39, 0.29) is 17.8 Å². The van der Waals surface area contributed by atoms with Gasteiger partial charge >= 0.3 is 5.97 Å². The van der Waals surface area contributed by atoms with Gasteiger partial charge in [-0.1, -0.05) is 6.08 Å². The van der Waals surface area contributed by atoms with Crippen molar-refractivity contribution in [1.29, 1.82) is 0 Å². The van der Waals surface area contributed by atoms with Gasteiger partial charge in [-0.05, 0) is 37.2 Å². The van der Waals surface area contributed by atoms with Crippen molar-refractivity contribution in [2.24, 2.45) is 5.73 Å². The standard InChI is InChI=1S/C15H16FN3O2/c16-12-3-5-14(6-4-12)19-9-13(18-10-19)8-11(15(20)21)2-1-7-17/h2-6,9-10H,1,7-8,17H2,(H,20,21)/b11-2-. The van der Waals surface area contributed by atoms with Crippen molar-refractivity contribution >= 4 is 5.97 Å². The van der Waals surface area contributed by atoms with E-state index in [9.17, 15) is 9.18 Å². The van der Waals surface area contributed by atoms with Crippen LogP contribution in [-0.4, -0.2) is 27.2 Å². The first-order chi connectivity index (χ1) is 10.1. The van der Waals surface area contributed by atoms with Crippen LogP contribution in [0.1, 0.15) is 12.1 Å². The zero-order valence-electron chi connectivity index (χ0n) is 11.4. The lowest BCUT2D eigenvalue weighted by atomic mass is 10.1. The molecule has 3 N–H and O–H groups in total. The van der Waals surface area contributed by atoms with Crippen LogP contribution in [0.25, 0.3) is 5.69 Å². The number of imidazole rings is 1. The summed E-state index contributed by atoms with van der Waals surface area (Å²) in [5.41, 5.74) is 7.03. The first kappa shape index (κ1) is 14.9. The van der Waals surface area contributed by atoms with Gasteiger partial charge in [0.1, 0.15) is 5.82 Å². The highest BCUT2D eigenvalue weighted by molar-refractivity contribution is 5.86. The third-order valence-electron chi connectivity index (χ3n) is 2.96. The highest BCUT2D eigenvalue weighted by Crippen LogP contribution is 2.12. The summed E-state index contributed by atoms with van der Waals surface area (Å²) in [7, 11) is 0. The summed E-state index contributed by atoms with van der Waals surface area (Å²) in [4.78, 5) is 15.3. The van der Waals surface area contributed by atoms with Gasteiger partial charge in [0.2, 0.25) is 0 Å². The van der Waals surface area contributed by atoms with E-state index in [0.717, 1.165) is 5.69 Å². The molecule has 110 valence electrons. The van der Waals surface area contributed by atoms with Crippen LogP contribution in [-0.2, 0) is 11.2 Å². The average molecular weight is 289 g/mol. The van der Waals surface area contributed by atoms with E-state index >= 15 is 0 Å². The highest BCUT2D eigenvalue weighted by Gasteiger charge is 2.10. The Morgan fingerprint density at radius 2 is 2.10 bits per heavy atom. The van der Waals surface area contributed by atoms with Gasteiger partial charge in [0, 0.05) is 23.9 Å². The Bertz CT molecular complexity index is 647. The Kier molecular flexibility index (Phi) is 4.84. The lowest BCUT2D eigenvalue weighted by Crippen LogP contribution is -2.06. The maximum atomic E-state index is 12.9. The summed E-state index contributed by atoms with van der Waals surface area (Å²) in [6, 6.07) is 5.98. The van der Waals surface area contributed by atoms with Gasteiger partial charge in [-0.25, -0.2) is 14.2 Å². The quantitative estimate of drug-likeness (QED) is 0.796. The Hall–Kier alpha value is -2.47. The lowest BCUT2D eigenvalue weighted by Gasteiger charge is -2.01. The minimum Gasteiger partial charge on any atom is -0.478 e. The van der Waals surface area contributed by atoms with E-state index < -0.39 is 5.97 Å². The first-order valence-corrected chi connectivity index (χ1v) is 6.51. The number of carboxylic acids is 1. The van der Waals surface area contributed by atoms with E-state index in [1.165, 1.54) is 12.1 Å². The maximum absolute atomic E-state index is 12.9. The minimum absolute atomic E-state index is 0.226. The molecule has 5 nitrogen and oxygen atoms in total. The first-order valence-electron chi connectivity index (χ1n) is 6.51. The van der Waals surface area contributed by atoms with Crippen molar-refractivity contribution in [3.63, 3.8) is 0 Å². The second kappa shape index (κ2) is 6.81. The van der Waals surface area contributed by atoms with E-state index in [0.29, 0.717) is 18.7 Å². The number of carboxylic acid groups (broad SMARTS) is 1. The van der Waals surface area contributed by atoms with Crippen LogP contribution in [0, 0.1) is 5.82 Å². The van der Waals surface area contributed by atoms with Crippen molar-refractivity contribution in [3.05, 3.63) is 59.9 Å². The summed E-state index contributed by atoms with van der Waals surface area (Å²) < 4.78 is 14.6. The van der Waals surface area contributed by atoms with Gasteiger partial charge in [-0.15, -0.1) is 0 Å². The van der Waals surface area contributed by atoms with Crippen LogP contribution in [0.2, 0.25) is 0 Å². The SMILES string of the molecule is NCC/C=C(/Cc1cn(-c2ccc(F)cc2)cn1)C(=O)O. The largest absolute Gasteiger partial charge is 0.478 e. The van der Waals surface area contributed by atoms with Crippen molar-refractivity contribution < 1.29 is 14.3 Å². The van der Waals surface area contributed by atoms with Crippen LogP contribution in [0.4, 0.5) is 4.39 Å². The molecule has 0 aliphatic carbocycles. The lowest BCUT2D eigenvalue weighted by molar-refractivity contribution is -0.132. The normalized spacial score (nSPS) is 11.6. The molecule has 0 saturated carbocycles. The van der Waals surface area contributed by atoms with Gasteiger partial charge in [0.25, 0.3) is 0 Å². The second-order valence-electron chi connectivity index (χ2n) is 4.54. The van der Waals surface area contributed by atoms with Crippen LogP contribution in [0.15, 0.2) is 48.4 Å². The smallest absolute Gasteiger partial charge is 0.331 e. The fraction of sp³-hybridized carbons (Fsp3) is 0.200. The number of nitrogens with two attached hydrogens (primary N) is 1. The minimum atomic E-state index is -0.972. The van der Waals surface area contributed by atoms with Gasteiger partial charge in [-0.3, -0.25) is 0 Å². The van der Waals surface area contributed by atoms with Gasteiger partial charge in [0.15, 0.2) is 0 Å². The molecule has 1 aromatic heterocycles. The van der Waals surface area contributed by atoms with Crippen LogP contribution in [0.5, 0.6) is 0 Å². The number of hydrogen-bond acceptors (Lipinski definition) is 3. The highest BCUT2D eigenvalue weighted by atomic mass is 19.1. The molecule has 2 rings (SSSR count). The summed E-state index contributed by atoms with van der Waals surface area (Å²) in [5, 5.41) is 9.13. The zero-order chi connectivity index (χ0) is 15.2. The number of rotatable bonds is 6. The Labute approximate surface area is 121 Å². The molecule has 0 aliphatic heterocycles. The van der Waals surface area contributed by atoms with Crippen LogP contribution < -0.4 is 5.73 Å². The molecule has 0 atom stereocenters. The summed E-state index contributed by atoms with van der Waals surface area (Å²) in [6.07, 6.45) is 5.65. The van der Waals surface area contributed by atoms with Crippen molar-refractivity contribution in [2.75, 3.05) is 6.54 Å². The number of aromatic nitrogens is 2. The monoisotopic (exact) mass is 289 g/mol. The van der Waals surface area contributed by atoms with Crippen molar-refractivity contribution in [2.45, 2.75) is 12.8 Å². The van der Waals surface area contributed by atoms with E-state index in [4.69, 9.17) is 10.8 Å². The molecule has 0 fully saturated rings. The topological polar surface area (TPSA) is 81.1 Å². The van der Waals surface area contributed by atoms with E-state index in [1.807, 2.05) is 0 Å². The Balaban J connectivity index is 2.15. The summed E-state index contributed by atoms with van der Waals surface area (Å²) in [5.74, 6) is -1.28. The molecular weight excluding hydrogens is 273 g/mol. The fourth-order valence-corrected chi connectivity index (χ4v) is 1.90. The molecule has 0 amide bonds. The van der Waals surface area contributed by atoms with Crippen molar-refractivity contribution in [1.82, 2.24) is 9.55 Å². The molecule has 2 aromatic rings. The predicted octanol–water partition coefficient (Wildman–Crippen LogP) is 1.91. The Morgan fingerprint density at radius 1 is 1.38 bits per heavy atom. The number of nitrogens with zero attached hydrogens (tertiary/aromatic N) is 2. The van der Waals surface area contributed by atoms with Gasteiger partial charge in [0.05, 0.1) is 12.0 Å². The summed E-state index contributed by atoms with van der Waals surface area (Å²) in [6.45, 7) is 0.404. The molecule has 1 heterocycles. The molecule has 21 heavy (non-hydrogen) atoms. The maximum Gasteiger partial charge on any atom is 0.331 e. The average Bonchev–Trinajstić information content (AvgIpc) is 2.92. The number of carbonyl (C=O) groups is 1. The van der Waals surface area contributed by atoms with E-state index in [1.54, 1.807) is 35.3 Å². The van der Waals surface area contributed by atoms with Gasteiger partial charge in [-0.2, -0.15) is 0 Å². The number of hydrogen-bond donors (Lipinski definition) is 2. The van der Waals surface area contributed by atoms with E-state index in [2.05, 4.69) is 4.98 Å². The predicted molar refractivity (Wildman–Crippen MR) is 76.6 cm³/mol. The van der Waals surface area contributed by atoms with Crippen LogP contribution in [0.3, 0.4) is 0 Å². The second-order valence-corrected chi connectivity index (χ2v) is 4.54. The van der Waals surface area contributed by atoms with Crippen molar-refractivity contribution in [3.8, 4) is 5.69 Å². The number of aliphatic carboxylic acids is 1. The fourth-order valence-electron chi connectivity index (χ4n) is 1.90. The number of halogens is 1. The molecule has 1 aromatic carbocycles. The summed E-state index contributed by atoms with van der Waals surface area (Å²) >= 11 is 0. The molecule has 0 radical (unpaired) electrons. The third kappa shape index (κ3) is 4.00. The molecule has 0 saturated heterocycles. The number of benzene rings is 1. The molecule has 0 spiro atoms. The molecule has 6 heteroatoms. The third-order valence-corrected chi connectivity index (χ3v) is 2.96. The molecule has 0 aliphatic rings.